The molecule has 1 heterocycles. The van der Waals surface area contributed by atoms with E-state index in [1.807, 2.05) is 7.11 Å². The summed E-state index contributed by atoms with van der Waals surface area (Å²) < 4.78 is 5.47. The summed E-state index contributed by atoms with van der Waals surface area (Å²) in [6.45, 7) is 11.6. The fraction of sp³-hybridized carbons (Fsp3) is 1.00. The van der Waals surface area contributed by atoms with E-state index in [4.69, 9.17) is 4.74 Å². The van der Waals surface area contributed by atoms with Crippen molar-refractivity contribution in [1.29, 1.82) is 0 Å². The van der Waals surface area contributed by atoms with Crippen molar-refractivity contribution in [2.45, 2.75) is 52.2 Å². The number of nitrogens with zero attached hydrogens (tertiary/aromatic N) is 1. The molecule has 1 fully saturated rings. The molecule has 1 saturated heterocycles. The SMILES string of the molecule is CCCN(CC1CCNCC1)C(C)C(C)OC. The Morgan fingerprint density at radius 3 is 2.47 bits per heavy atom. The Morgan fingerprint density at radius 1 is 1.29 bits per heavy atom. The topological polar surface area (TPSA) is 24.5 Å². The fourth-order valence-corrected chi connectivity index (χ4v) is 2.64. The van der Waals surface area contributed by atoms with Gasteiger partial charge in [-0.1, -0.05) is 6.92 Å². The third-order valence-electron chi connectivity index (χ3n) is 4.09. The van der Waals surface area contributed by atoms with E-state index in [0.29, 0.717) is 12.1 Å². The normalized spacial score (nSPS) is 21.7. The minimum absolute atomic E-state index is 0.322. The van der Waals surface area contributed by atoms with Crippen LogP contribution in [0.2, 0.25) is 0 Å². The van der Waals surface area contributed by atoms with E-state index in [0.717, 1.165) is 5.92 Å². The van der Waals surface area contributed by atoms with Crippen LogP contribution in [-0.2, 0) is 4.74 Å². The molecule has 0 aliphatic carbocycles. The molecule has 0 aromatic rings. The van der Waals surface area contributed by atoms with Crippen LogP contribution < -0.4 is 5.32 Å². The van der Waals surface area contributed by atoms with Crippen molar-refractivity contribution in [2.24, 2.45) is 5.92 Å². The molecular weight excluding hydrogens is 212 g/mol. The lowest BCUT2D eigenvalue weighted by molar-refractivity contribution is 0.0246. The molecule has 2 unspecified atom stereocenters. The second-order valence-corrected chi connectivity index (χ2v) is 5.37. The summed E-state index contributed by atoms with van der Waals surface area (Å²) in [5.74, 6) is 0.870. The van der Waals surface area contributed by atoms with Gasteiger partial charge in [-0.05, 0) is 58.7 Å². The molecule has 1 N–H and O–H groups in total. The second-order valence-electron chi connectivity index (χ2n) is 5.37. The molecule has 3 heteroatoms. The zero-order valence-electron chi connectivity index (χ0n) is 12.0. The second kappa shape index (κ2) is 8.06. The van der Waals surface area contributed by atoms with Crippen LogP contribution >= 0.6 is 0 Å². The standard InChI is InChI=1S/C14H30N2O/c1-5-10-16(12(2)13(3)17-4)11-14-6-8-15-9-7-14/h12-15H,5-11H2,1-4H3. The quantitative estimate of drug-likeness (QED) is 0.740. The highest BCUT2D eigenvalue weighted by Crippen LogP contribution is 2.17. The van der Waals surface area contributed by atoms with E-state index in [1.165, 1.54) is 45.4 Å². The first-order valence-corrected chi connectivity index (χ1v) is 7.16. The van der Waals surface area contributed by atoms with Gasteiger partial charge in [-0.25, -0.2) is 0 Å². The van der Waals surface area contributed by atoms with Crippen LogP contribution in [0, 0.1) is 5.92 Å². The summed E-state index contributed by atoms with van der Waals surface area (Å²) in [4.78, 5) is 2.62. The van der Waals surface area contributed by atoms with Crippen molar-refractivity contribution in [3.05, 3.63) is 0 Å². The lowest BCUT2D eigenvalue weighted by atomic mass is 9.96. The van der Waals surface area contributed by atoms with Gasteiger partial charge in [0.25, 0.3) is 0 Å². The van der Waals surface area contributed by atoms with Crippen LogP contribution in [0.4, 0.5) is 0 Å². The molecule has 2 atom stereocenters. The van der Waals surface area contributed by atoms with E-state index >= 15 is 0 Å². The van der Waals surface area contributed by atoms with Crippen molar-refractivity contribution < 1.29 is 4.74 Å². The Kier molecular flexibility index (Phi) is 7.09. The molecule has 0 saturated carbocycles. The third-order valence-corrected chi connectivity index (χ3v) is 4.09. The first-order valence-electron chi connectivity index (χ1n) is 7.16. The predicted octanol–water partition coefficient (Wildman–Crippen LogP) is 2.12. The molecule has 102 valence electrons. The van der Waals surface area contributed by atoms with Gasteiger partial charge in [0.05, 0.1) is 6.10 Å². The Labute approximate surface area is 107 Å². The van der Waals surface area contributed by atoms with Crippen molar-refractivity contribution in [1.82, 2.24) is 10.2 Å². The Hall–Kier alpha value is -0.120. The maximum Gasteiger partial charge on any atom is 0.0695 e. The van der Waals surface area contributed by atoms with Gasteiger partial charge in [0.2, 0.25) is 0 Å². The first-order chi connectivity index (χ1) is 8.19. The average molecular weight is 242 g/mol. The molecule has 0 spiro atoms. The molecular formula is C14H30N2O. The smallest absolute Gasteiger partial charge is 0.0695 e. The van der Waals surface area contributed by atoms with Gasteiger partial charge in [-0.15, -0.1) is 0 Å². The molecule has 0 bridgehead atoms. The molecule has 1 aliphatic rings. The molecule has 1 rings (SSSR count). The van der Waals surface area contributed by atoms with Crippen LogP contribution in [0.25, 0.3) is 0 Å². The largest absolute Gasteiger partial charge is 0.380 e. The van der Waals surface area contributed by atoms with Crippen molar-refractivity contribution >= 4 is 0 Å². The summed E-state index contributed by atoms with van der Waals surface area (Å²) >= 11 is 0. The highest BCUT2D eigenvalue weighted by Gasteiger charge is 2.23. The average Bonchev–Trinajstić information content (AvgIpc) is 2.37. The first kappa shape index (κ1) is 14.9. The van der Waals surface area contributed by atoms with Crippen LogP contribution in [0.5, 0.6) is 0 Å². The summed E-state index contributed by atoms with van der Waals surface area (Å²) in [5.41, 5.74) is 0. The van der Waals surface area contributed by atoms with Crippen molar-refractivity contribution in [3.63, 3.8) is 0 Å². The summed E-state index contributed by atoms with van der Waals surface area (Å²) in [6, 6.07) is 0.523. The van der Waals surface area contributed by atoms with E-state index in [-0.39, 0.29) is 0 Å². The number of rotatable bonds is 7. The van der Waals surface area contributed by atoms with Gasteiger partial charge in [-0.2, -0.15) is 0 Å². The van der Waals surface area contributed by atoms with E-state index < -0.39 is 0 Å². The highest BCUT2D eigenvalue weighted by molar-refractivity contribution is 4.78. The minimum atomic E-state index is 0.322. The van der Waals surface area contributed by atoms with Crippen LogP contribution in [-0.4, -0.2) is 50.3 Å². The van der Waals surface area contributed by atoms with Crippen LogP contribution in [0.1, 0.15) is 40.0 Å². The number of methoxy groups -OCH3 is 1. The highest BCUT2D eigenvalue weighted by atomic mass is 16.5. The predicted molar refractivity (Wildman–Crippen MR) is 73.4 cm³/mol. The van der Waals surface area contributed by atoms with Crippen LogP contribution in [0.15, 0.2) is 0 Å². The lowest BCUT2D eigenvalue weighted by Gasteiger charge is -2.36. The van der Waals surface area contributed by atoms with E-state index in [2.05, 4.69) is 31.0 Å². The Morgan fingerprint density at radius 2 is 1.94 bits per heavy atom. The molecule has 0 amide bonds. The molecule has 17 heavy (non-hydrogen) atoms. The van der Waals surface area contributed by atoms with Gasteiger partial charge in [0.1, 0.15) is 0 Å². The number of hydrogen-bond acceptors (Lipinski definition) is 3. The summed E-state index contributed by atoms with van der Waals surface area (Å²) in [6.07, 6.45) is 4.21. The monoisotopic (exact) mass is 242 g/mol. The van der Waals surface area contributed by atoms with Crippen molar-refractivity contribution in [2.75, 3.05) is 33.3 Å². The van der Waals surface area contributed by atoms with Crippen LogP contribution in [0.3, 0.4) is 0 Å². The summed E-state index contributed by atoms with van der Waals surface area (Å²) in [7, 11) is 1.82. The maximum atomic E-state index is 5.47. The fourth-order valence-electron chi connectivity index (χ4n) is 2.64. The minimum Gasteiger partial charge on any atom is -0.380 e. The maximum absolute atomic E-state index is 5.47. The van der Waals surface area contributed by atoms with Gasteiger partial charge in [0, 0.05) is 19.7 Å². The van der Waals surface area contributed by atoms with Gasteiger partial charge >= 0.3 is 0 Å². The molecule has 0 aromatic heterocycles. The van der Waals surface area contributed by atoms with Gasteiger partial charge in [0.15, 0.2) is 0 Å². The lowest BCUT2D eigenvalue weighted by Crippen LogP contribution is -2.45. The molecule has 0 aromatic carbocycles. The Bertz CT molecular complexity index is 193. The number of ether oxygens (including phenoxy) is 1. The molecule has 1 aliphatic heterocycles. The van der Waals surface area contributed by atoms with Gasteiger partial charge < -0.3 is 10.1 Å². The van der Waals surface area contributed by atoms with Gasteiger partial charge in [-0.3, -0.25) is 4.90 Å². The molecule has 0 radical (unpaired) electrons. The summed E-state index contributed by atoms with van der Waals surface area (Å²) in [5, 5.41) is 3.44. The van der Waals surface area contributed by atoms with E-state index in [1.54, 1.807) is 0 Å². The number of hydrogen-bond donors (Lipinski definition) is 1. The zero-order valence-corrected chi connectivity index (χ0v) is 12.0. The zero-order chi connectivity index (χ0) is 12.7. The third kappa shape index (κ3) is 4.94. The van der Waals surface area contributed by atoms with E-state index in [9.17, 15) is 0 Å². The number of nitrogens with one attached hydrogen (secondary N) is 1. The van der Waals surface area contributed by atoms with Crippen molar-refractivity contribution in [3.8, 4) is 0 Å². The Balaban J connectivity index is 2.45. The molecule has 3 nitrogen and oxygen atoms in total. The number of piperidine rings is 1.